The van der Waals surface area contributed by atoms with Gasteiger partial charge in [0.05, 0.1) is 11.7 Å². The minimum Gasteiger partial charge on any atom is -0.444 e. The van der Waals surface area contributed by atoms with E-state index in [1.165, 1.54) is 0 Å². The molecule has 0 bridgehead atoms. The first-order chi connectivity index (χ1) is 29.8. The van der Waals surface area contributed by atoms with Gasteiger partial charge in [-0.05, 0) is 101 Å². The number of unbranched alkanes of at least 4 members (excludes halogenated alkanes) is 1. The van der Waals surface area contributed by atoms with Crippen LogP contribution in [0.25, 0.3) is 10.9 Å². The van der Waals surface area contributed by atoms with Gasteiger partial charge >= 0.3 is 18.2 Å². The van der Waals surface area contributed by atoms with Crippen molar-refractivity contribution >= 4 is 52.2 Å². The first-order valence-electron chi connectivity index (χ1n) is 21.7. The summed E-state index contributed by atoms with van der Waals surface area (Å²) in [5, 5.41) is 19.9. The van der Waals surface area contributed by atoms with Crippen LogP contribution in [0.3, 0.4) is 0 Å². The number of pyridine rings is 1. The first kappa shape index (κ1) is 43.7. The second-order valence-corrected chi connectivity index (χ2v) is 17.4. The highest BCUT2D eigenvalue weighted by atomic mass is 16.6. The third-order valence-electron chi connectivity index (χ3n) is 11.7. The van der Waals surface area contributed by atoms with E-state index in [9.17, 15) is 24.0 Å². The highest BCUT2D eigenvalue weighted by Gasteiger charge is 2.35. The van der Waals surface area contributed by atoms with Crippen molar-refractivity contribution in [2.24, 2.45) is 0 Å². The minimum absolute atomic E-state index is 0.0474. The van der Waals surface area contributed by atoms with E-state index >= 15 is 0 Å². The maximum Gasteiger partial charge on any atom is 0.407 e. The summed E-state index contributed by atoms with van der Waals surface area (Å²) in [5.74, 6) is -0.664. The monoisotopic (exact) mass is 849 g/mol. The Hall–Kier alpha value is -6.39. The zero-order chi connectivity index (χ0) is 43.8. The summed E-state index contributed by atoms with van der Waals surface area (Å²) in [6.45, 7) is 11.2. The summed E-state index contributed by atoms with van der Waals surface area (Å²) in [5.41, 5.74) is 4.94. The number of anilines is 2. The second-order valence-electron chi connectivity index (χ2n) is 17.4. The Balaban J connectivity index is 1.04. The number of piperidine rings is 1. The lowest BCUT2D eigenvalue weighted by atomic mass is 9.99. The van der Waals surface area contributed by atoms with E-state index in [-0.39, 0.29) is 30.4 Å². The van der Waals surface area contributed by atoms with Crippen LogP contribution in [0.15, 0.2) is 67.1 Å². The lowest BCUT2D eigenvalue weighted by Crippen LogP contribution is -2.59. The largest absolute Gasteiger partial charge is 0.444 e. The van der Waals surface area contributed by atoms with Gasteiger partial charge in [0, 0.05) is 94.0 Å². The maximum atomic E-state index is 14.5. The number of nitrogens with zero attached hydrogens (tertiary/aromatic N) is 6. The van der Waals surface area contributed by atoms with Gasteiger partial charge in [0.15, 0.2) is 0 Å². The van der Waals surface area contributed by atoms with Crippen molar-refractivity contribution in [3.05, 3.63) is 83.8 Å². The molecule has 0 spiro atoms. The van der Waals surface area contributed by atoms with Gasteiger partial charge in [-0.15, -0.1) is 0 Å². The van der Waals surface area contributed by atoms with Crippen molar-refractivity contribution in [2.75, 3.05) is 56.0 Å². The first-order valence-corrected chi connectivity index (χ1v) is 21.7. The van der Waals surface area contributed by atoms with E-state index in [0.29, 0.717) is 84.5 Å². The Morgan fingerprint density at radius 1 is 0.903 bits per heavy atom. The molecule has 17 heteroatoms. The van der Waals surface area contributed by atoms with E-state index in [1.807, 2.05) is 60.4 Å². The molecule has 330 valence electrons. The number of benzene rings is 2. The van der Waals surface area contributed by atoms with Crippen LogP contribution in [0.2, 0.25) is 0 Å². The fourth-order valence-corrected chi connectivity index (χ4v) is 8.48. The number of carbonyl (C=O) groups is 5. The van der Waals surface area contributed by atoms with Crippen molar-refractivity contribution in [2.45, 2.75) is 96.5 Å². The standard InChI is InChI=1S/C45H59N11O6/c1-30-25-31(26-33-28-48-52-39(30)33)27-38(51-42(59)55-19-14-35(15-20-55)56-29-32-9-5-6-10-36(32)50-43(56)60)40(57)49-37(11-7-8-16-47-44(61)62-45(2,3)4)41(58)54-23-21-53(22-24-54)34-12-17-46-18-13-34/h5-6,9-10,12-13,17-18,25-26,28,35,37-38H,7-8,11,14-16,19-24,27,29H2,1-4H3,(H,47,61)(H,48,52)(H,49,57)(H,50,60)(H,51,59)/t37-,38+/m0/s1. The molecule has 0 radical (unpaired) electrons. The Kier molecular flexibility index (Phi) is 13.8. The Morgan fingerprint density at radius 3 is 2.39 bits per heavy atom. The molecule has 3 aliphatic rings. The highest BCUT2D eigenvalue weighted by molar-refractivity contribution is 5.93. The third kappa shape index (κ3) is 11.1. The number of H-pyrrole nitrogens is 1. The number of piperazine rings is 1. The number of amides is 7. The Bertz CT molecular complexity index is 2210. The van der Waals surface area contributed by atoms with E-state index in [4.69, 9.17) is 4.74 Å². The van der Waals surface area contributed by atoms with Crippen molar-refractivity contribution in [3.63, 3.8) is 0 Å². The number of fused-ring (bicyclic) bond motifs is 2. The van der Waals surface area contributed by atoms with Crippen molar-refractivity contribution in [1.29, 1.82) is 0 Å². The van der Waals surface area contributed by atoms with Gasteiger partial charge in [-0.2, -0.15) is 5.10 Å². The van der Waals surface area contributed by atoms with Gasteiger partial charge in [-0.3, -0.25) is 19.7 Å². The van der Waals surface area contributed by atoms with Crippen LogP contribution in [0.4, 0.5) is 25.8 Å². The van der Waals surface area contributed by atoms with Gasteiger partial charge < -0.3 is 45.6 Å². The van der Waals surface area contributed by atoms with Gasteiger partial charge in [0.1, 0.15) is 17.7 Å². The molecule has 5 heterocycles. The van der Waals surface area contributed by atoms with Crippen molar-refractivity contribution in [3.8, 4) is 0 Å². The zero-order valence-corrected chi connectivity index (χ0v) is 36.1. The lowest BCUT2D eigenvalue weighted by molar-refractivity contribution is -0.137. The number of carbonyl (C=O) groups excluding carboxylic acids is 5. The number of rotatable bonds is 13. The van der Waals surface area contributed by atoms with Crippen LogP contribution in [0.5, 0.6) is 0 Å². The molecule has 2 fully saturated rings. The number of hydrogen-bond acceptors (Lipinski definition) is 9. The number of alkyl carbamates (subject to hydrolysis) is 1. The molecule has 0 aliphatic carbocycles. The van der Waals surface area contributed by atoms with Crippen LogP contribution in [-0.2, 0) is 27.3 Å². The average Bonchev–Trinajstić information content (AvgIpc) is 3.74. The molecule has 2 aromatic heterocycles. The molecule has 4 aromatic rings. The number of likely N-dealkylation sites (tertiary alicyclic amines) is 1. The van der Waals surface area contributed by atoms with E-state index < -0.39 is 29.7 Å². The number of nitrogens with one attached hydrogen (secondary N) is 5. The van der Waals surface area contributed by atoms with Crippen molar-refractivity contribution in [1.82, 2.24) is 45.8 Å². The Labute approximate surface area is 362 Å². The molecular formula is C45H59N11O6. The smallest absolute Gasteiger partial charge is 0.407 e. The van der Waals surface area contributed by atoms with E-state index in [1.54, 1.807) is 49.2 Å². The minimum atomic E-state index is -1.01. The molecule has 7 amide bonds. The summed E-state index contributed by atoms with van der Waals surface area (Å²) < 4.78 is 5.37. The summed E-state index contributed by atoms with van der Waals surface area (Å²) in [6.07, 6.45) is 7.47. The molecule has 62 heavy (non-hydrogen) atoms. The maximum absolute atomic E-state index is 14.5. The average molecular weight is 850 g/mol. The quantitative estimate of drug-likeness (QED) is 0.116. The number of aryl methyl sites for hydroxylation is 1. The summed E-state index contributed by atoms with van der Waals surface area (Å²) in [7, 11) is 0. The molecule has 0 saturated carbocycles. The number of urea groups is 2. The molecule has 3 aliphatic heterocycles. The summed E-state index contributed by atoms with van der Waals surface area (Å²) in [6, 6.07) is 13.1. The van der Waals surface area contributed by atoms with Crippen LogP contribution in [0, 0.1) is 6.92 Å². The third-order valence-corrected chi connectivity index (χ3v) is 11.7. The SMILES string of the molecule is Cc1cc(C[C@@H](NC(=O)N2CCC(N3Cc4ccccc4NC3=O)CC2)C(=O)N[C@@H](CCCCNC(=O)OC(C)(C)C)C(=O)N2CCN(c3ccncc3)CC2)cc2cn[nH]c12. The van der Waals surface area contributed by atoms with E-state index in [2.05, 4.69) is 41.3 Å². The second kappa shape index (κ2) is 19.5. The normalized spacial score (nSPS) is 16.9. The molecule has 2 atom stereocenters. The number of ether oxygens (including phenoxy) is 1. The molecule has 7 rings (SSSR count). The molecule has 0 unspecified atom stereocenters. The van der Waals surface area contributed by atoms with Gasteiger partial charge in [-0.1, -0.05) is 24.3 Å². The lowest BCUT2D eigenvalue weighted by Gasteiger charge is -2.40. The molecule has 17 nitrogen and oxygen atoms in total. The number of hydrogen-bond donors (Lipinski definition) is 5. The Morgan fingerprint density at radius 2 is 1.65 bits per heavy atom. The molecule has 2 saturated heterocycles. The van der Waals surface area contributed by atoms with Gasteiger partial charge in [0.2, 0.25) is 11.8 Å². The van der Waals surface area contributed by atoms with Crippen LogP contribution in [-0.4, -0.2) is 129 Å². The van der Waals surface area contributed by atoms with Crippen LogP contribution < -0.4 is 26.2 Å². The molecular weight excluding hydrogens is 791 g/mol. The zero-order valence-electron chi connectivity index (χ0n) is 36.1. The number of aromatic amines is 1. The predicted molar refractivity (Wildman–Crippen MR) is 236 cm³/mol. The molecule has 2 aromatic carbocycles. The van der Waals surface area contributed by atoms with Crippen molar-refractivity contribution < 1.29 is 28.7 Å². The fourth-order valence-electron chi connectivity index (χ4n) is 8.48. The highest BCUT2D eigenvalue weighted by Crippen LogP contribution is 2.28. The number of para-hydroxylation sites is 1. The van der Waals surface area contributed by atoms with Gasteiger partial charge in [-0.25, -0.2) is 14.4 Å². The van der Waals surface area contributed by atoms with Crippen LogP contribution >= 0.6 is 0 Å². The topological polar surface area (TPSA) is 197 Å². The number of aromatic nitrogens is 3. The summed E-state index contributed by atoms with van der Waals surface area (Å²) in [4.78, 5) is 79.9. The van der Waals surface area contributed by atoms with Gasteiger partial charge in [0.25, 0.3) is 0 Å². The molecule has 5 N–H and O–H groups in total. The predicted octanol–water partition coefficient (Wildman–Crippen LogP) is 4.93. The summed E-state index contributed by atoms with van der Waals surface area (Å²) >= 11 is 0. The van der Waals surface area contributed by atoms with E-state index in [0.717, 1.165) is 39.0 Å². The fraction of sp³-hybridized carbons (Fsp3) is 0.489. The van der Waals surface area contributed by atoms with Crippen LogP contribution in [0.1, 0.15) is 69.6 Å².